The fourth-order valence-corrected chi connectivity index (χ4v) is 5.25. The van der Waals surface area contributed by atoms with Gasteiger partial charge in [0.15, 0.2) is 23.0 Å². The Labute approximate surface area is 233 Å². The van der Waals surface area contributed by atoms with E-state index in [0.717, 1.165) is 64.2 Å². The normalized spacial score (nSPS) is 17.4. The highest BCUT2D eigenvalue weighted by molar-refractivity contribution is 6.16. The van der Waals surface area contributed by atoms with Crippen molar-refractivity contribution < 1.29 is 29.7 Å². The SMILES string of the molecule is CCCCCC(C)CCC(=O)C(O)(C(=O)CCC(C)CCCC(C)C)C(O)(CO)C(=O)C(C)CCCCC. The van der Waals surface area contributed by atoms with E-state index >= 15 is 0 Å². The molecule has 0 rings (SSSR count). The first-order valence-corrected chi connectivity index (χ1v) is 15.5. The quantitative estimate of drug-likeness (QED) is 0.0939. The molecule has 6 nitrogen and oxygen atoms in total. The average molecular weight is 541 g/mol. The number of hydrogen-bond donors (Lipinski definition) is 3. The van der Waals surface area contributed by atoms with Crippen molar-refractivity contribution in [2.75, 3.05) is 6.61 Å². The molecule has 0 aliphatic carbocycles. The van der Waals surface area contributed by atoms with Gasteiger partial charge in [-0.25, -0.2) is 0 Å². The van der Waals surface area contributed by atoms with Crippen molar-refractivity contribution >= 4 is 17.3 Å². The fraction of sp³-hybridized carbons (Fsp3) is 0.906. The van der Waals surface area contributed by atoms with Gasteiger partial charge in [0.05, 0.1) is 6.61 Å². The van der Waals surface area contributed by atoms with Crippen LogP contribution in [-0.4, -0.2) is 50.5 Å². The lowest BCUT2D eigenvalue weighted by molar-refractivity contribution is -0.196. The zero-order valence-corrected chi connectivity index (χ0v) is 25.7. The molecule has 224 valence electrons. The first-order valence-electron chi connectivity index (χ1n) is 15.5. The summed E-state index contributed by atoms with van der Waals surface area (Å²) in [4.78, 5) is 40.5. The van der Waals surface area contributed by atoms with Gasteiger partial charge in [-0.1, -0.05) is 113 Å². The third kappa shape index (κ3) is 11.6. The highest BCUT2D eigenvalue weighted by atomic mass is 16.4. The van der Waals surface area contributed by atoms with E-state index in [4.69, 9.17) is 0 Å². The Hall–Kier alpha value is -1.11. The molecule has 3 N–H and O–H groups in total. The van der Waals surface area contributed by atoms with Gasteiger partial charge in [-0.3, -0.25) is 14.4 Å². The molecule has 0 aliphatic rings. The number of aliphatic hydroxyl groups excluding tert-OH is 1. The molecule has 0 saturated heterocycles. The summed E-state index contributed by atoms with van der Waals surface area (Å²) in [6, 6.07) is 0. The molecule has 38 heavy (non-hydrogen) atoms. The lowest BCUT2D eigenvalue weighted by atomic mass is 9.69. The first-order chi connectivity index (χ1) is 17.8. The Morgan fingerprint density at radius 1 is 0.632 bits per heavy atom. The molecule has 0 aromatic rings. The zero-order valence-electron chi connectivity index (χ0n) is 25.7. The third-order valence-corrected chi connectivity index (χ3v) is 8.24. The number of Topliss-reactive ketones (excluding diaryl/α,β-unsaturated/α-hetero) is 3. The lowest BCUT2D eigenvalue weighted by Gasteiger charge is -2.40. The summed E-state index contributed by atoms with van der Waals surface area (Å²) in [6.45, 7) is 13.0. The van der Waals surface area contributed by atoms with Crippen LogP contribution in [0, 0.1) is 23.7 Å². The largest absolute Gasteiger partial charge is 0.393 e. The van der Waals surface area contributed by atoms with Crippen LogP contribution in [0.5, 0.6) is 0 Å². The predicted molar refractivity (Wildman–Crippen MR) is 155 cm³/mol. The molecule has 0 aliphatic heterocycles. The van der Waals surface area contributed by atoms with Gasteiger partial charge in [-0.2, -0.15) is 0 Å². The minimum Gasteiger partial charge on any atom is -0.393 e. The molecule has 6 heteroatoms. The maximum atomic E-state index is 13.5. The summed E-state index contributed by atoms with van der Waals surface area (Å²) in [5.41, 5.74) is -5.79. The van der Waals surface area contributed by atoms with Gasteiger partial charge < -0.3 is 15.3 Å². The number of hydrogen-bond acceptors (Lipinski definition) is 6. The number of carbonyl (C=O) groups is 3. The summed E-state index contributed by atoms with van der Waals surface area (Å²) in [6.07, 6.45) is 10.9. The van der Waals surface area contributed by atoms with Crippen molar-refractivity contribution in [2.45, 2.75) is 156 Å². The van der Waals surface area contributed by atoms with Gasteiger partial charge >= 0.3 is 0 Å². The molecular formula is C32H60O6. The number of ketones is 3. The number of unbranched alkanes of at least 4 members (excludes halogenated alkanes) is 4. The van der Waals surface area contributed by atoms with Crippen molar-refractivity contribution in [3.8, 4) is 0 Å². The molecule has 0 bridgehead atoms. The lowest BCUT2D eigenvalue weighted by Crippen LogP contribution is -2.70. The van der Waals surface area contributed by atoms with Crippen LogP contribution < -0.4 is 0 Å². The molecule has 0 aromatic carbocycles. The van der Waals surface area contributed by atoms with E-state index in [9.17, 15) is 29.7 Å². The van der Waals surface area contributed by atoms with Crippen molar-refractivity contribution in [3.63, 3.8) is 0 Å². The van der Waals surface area contributed by atoms with E-state index in [1.807, 2.05) is 20.8 Å². The second-order valence-corrected chi connectivity index (χ2v) is 12.4. The van der Waals surface area contributed by atoms with Gasteiger partial charge in [0.1, 0.15) is 0 Å². The highest BCUT2D eigenvalue weighted by Gasteiger charge is 2.63. The Kier molecular flexibility index (Phi) is 18.5. The maximum absolute atomic E-state index is 13.5. The predicted octanol–water partition coefficient (Wildman–Crippen LogP) is 6.60. The minimum atomic E-state index is -2.95. The van der Waals surface area contributed by atoms with E-state index in [1.54, 1.807) is 6.92 Å². The molecule has 0 spiro atoms. The van der Waals surface area contributed by atoms with Crippen LogP contribution in [-0.2, 0) is 14.4 Å². The molecule has 5 unspecified atom stereocenters. The van der Waals surface area contributed by atoms with Crippen LogP contribution >= 0.6 is 0 Å². The summed E-state index contributed by atoms with van der Waals surface area (Å²) >= 11 is 0. The van der Waals surface area contributed by atoms with Gasteiger partial charge in [0.25, 0.3) is 0 Å². The standard InChI is InChI=1S/C32H60O6/c1-8-10-12-16-25(5)19-21-28(34)32(38,29(35)22-20-26(6)17-14-15-24(3)4)31(37,23-33)30(36)27(7)18-13-11-9-2/h24-27,33,37-38H,8-23H2,1-7H3. The molecule has 0 saturated carbocycles. The van der Waals surface area contributed by atoms with E-state index in [2.05, 4.69) is 20.8 Å². The van der Waals surface area contributed by atoms with Crippen molar-refractivity contribution in [2.24, 2.45) is 23.7 Å². The monoisotopic (exact) mass is 540 g/mol. The van der Waals surface area contributed by atoms with Crippen molar-refractivity contribution in [1.29, 1.82) is 0 Å². The minimum absolute atomic E-state index is 0.126. The van der Waals surface area contributed by atoms with Gasteiger partial charge in [-0.05, 0) is 37.0 Å². The average Bonchev–Trinajstić information content (AvgIpc) is 2.88. The van der Waals surface area contributed by atoms with E-state index in [0.29, 0.717) is 25.2 Å². The molecule has 5 atom stereocenters. The molecule has 0 heterocycles. The van der Waals surface area contributed by atoms with Crippen LogP contribution in [0.4, 0.5) is 0 Å². The first kappa shape index (κ1) is 36.9. The van der Waals surface area contributed by atoms with E-state index in [1.165, 1.54) is 0 Å². The Balaban J connectivity index is 5.84. The molecule has 0 radical (unpaired) electrons. The van der Waals surface area contributed by atoms with Gasteiger partial charge in [-0.15, -0.1) is 0 Å². The second kappa shape index (κ2) is 19.0. The molecule has 0 aromatic heterocycles. The Morgan fingerprint density at radius 2 is 1.08 bits per heavy atom. The highest BCUT2D eigenvalue weighted by Crippen LogP contribution is 2.34. The smallest absolute Gasteiger partial charge is 0.219 e. The van der Waals surface area contributed by atoms with Gasteiger partial charge in [0.2, 0.25) is 5.60 Å². The van der Waals surface area contributed by atoms with Crippen LogP contribution in [0.2, 0.25) is 0 Å². The topological polar surface area (TPSA) is 112 Å². The van der Waals surface area contributed by atoms with E-state index in [-0.39, 0.29) is 24.7 Å². The summed E-state index contributed by atoms with van der Waals surface area (Å²) in [5.74, 6) is -2.25. The fourth-order valence-electron chi connectivity index (χ4n) is 5.25. The second-order valence-electron chi connectivity index (χ2n) is 12.4. The summed E-state index contributed by atoms with van der Waals surface area (Å²) in [7, 11) is 0. The van der Waals surface area contributed by atoms with Crippen LogP contribution in [0.3, 0.4) is 0 Å². The van der Waals surface area contributed by atoms with Crippen LogP contribution in [0.1, 0.15) is 145 Å². The van der Waals surface area contributed by atoms with Gasteiger partial charge in [0, 0.05) is 18.8 Å². The number of rotatable bonds is 24. The van der Waals surface area contributed by atoms with Crippen LogP contribution in [0.15, 0.2) is 0 Å². The zero-order chi connectivity index (χ0) is 29.4. The van der Waals surface area contributed by atoms with Crippen LogP contribution in [0.25, 0.3) is 0 Å². The van der Waals surface area contributed by atoms with E-state index < -0.39 is 41.1 Å². The van der Waals surface area contributed by atoms with Crippen molar-refractivity contribution in [3.05, 3.63) is 0 Å². The molecule has 0 fully saturated rings. The summed E-state index contributed by atoms with van der Waals surface area (Å²) in [5, 5.41) is 33.4. The number of aliphatic hydroxyl groups is 3. The Bertz CT molecular complexity index is 689. The maximum Gasteiger partial charge on any atom is 0.219 e. The molecular weight excluding hydrogens is 480 g/mol. The molecule has 0 amide bonds. The third-order valence-electron chi connectivity index (χ3n) is 8.24. The van der Waals surface area contributed by atoms with Crippen molar-refractivity contribution in [1.82, 2.24) is 0 Å². The number of carbonyl (C=O) groups excluding carboxylic acids is 3. The summed E-state index contributed by atoms with van der Waals surface area (Å²) < 4.78 is 0. The Morgan fingerprint density at radius 3 is 1.50 bits per heavy atom.